The monoisotopic (exact) mass is 246 g/mol. The third kappa shape index (κ3) is 3.84. The molecule has 1 atom stereocenters. The van der Waals surface area contributed by atoms with Crippen molar-refractivity contribution in [1.29, 1.82) is 0 Å². The highest BCUT2D eigenvalue weighted by molar-refractivity contribution is 5.81. The van der Waals surface area contributed by atoms with Gasteiger partial charge in [0, 0.05) is 6.54 Å². The van der Waals surface area contributed by atoms with Gasteiger partial charge in [0.1, 0.15) is 0 Å². The molecule has 1 aromatic rings. The summed E-state index contributed by atoms with van der Waals surface area (Å²) in [6.45, 7) is 0.793. The van der Waals surface area contributed by atoms with Crippen molar-refractivity contribution in [3.05, 3.63) is 35.9 Å². The van der Waals surface area contributed by atoms with Crippen molar-refractivity contribution in [3.63, 3.8) is 0 Å². The quantitative estimate of drug-likeness (QED) is 0.833. The Balaban J connectivity index is 1.74. The smallest absolute Gasteiger partial charge is 0.237 e. The van der Waals surface area contributed by atoms with E-state index in [4.69, 9.17) is 5.73 Å². The van der Waals surface area contributed by atoms with E-state index in [0.717, 1.165) is 12.1 Å². The average molecular weight is 246 g/mol. The van der Waals surface area contributed by atoms with Crippen LogP contribution in [0.25, 0.3) is 0 Å². The Morgan fingerprint density at radius 3 is 2.61 bits per heavy atom. The molecule has 1 aliphatic rings. The minimum Gasteiger partial charge on any atom is -0.354 e. The summed E-state index contributed by atoms with van der Waals surface area (Å²) in [6, 6.07) is 9.48. The molecule has 1 fully saturated rings. The maximum atomic E-state index is 11.9. The van der Waals surface area contributed by atoms with E-state index in [1.165, 1.54) is 25.7 Å². The Morgan fingerprint density at radius 2 is 1.94 bits per heavy atom. The molecule has 1 unspecified atom stereocenters. The van der Waals surface area contributed by atoms with Crippen LogP contribution in [0.5, 0.6) is 0 Å². The van der Waals surface area contributed by atoms with E-state index in [1.807, 2.05) is 30.3 Å². The molecule has 0 aromatic heterocycles. The van der Waals surface area contributed by atoms with Crippen molar-refractivity contribution < 1.29 is 4.79 Å². The lowest BCUT2D eigenvalue weighted by atomic mass is 10.1. The van der Waals surface area contributed by atoms with Crippen molar-refractivity contribution in [2.45, 2.75) is 38.1 Å². The van der Waals surface area contributed by atoms with Crippen molar-refractivity contribution in [1.82, 2.24) is 5.32 Å². The van der Waals surface area contributed by atoms with Gasteiger partial charge in [-0.2, -0.15) is 0 Å². The van der Waals surface area contributed by atoms with E-state index in [0.29, 0.717) is 12.3 Å². The first-order valence-corrected chi connectivity index (χ1v) is 6.83. The summed E-state index contributed by atoms with van der Waals surface area (Å²) in [7, 11) is 0. The number of benzene rings is 1. The normalized spacial score (nSPS) is 17.6. The molecule has 0 radical (unpaired) electrons. The van der Waals surface area contributed by atoms with Gasteiger partial charge in [0.2, 0.25) is 5.91 Å². The highest BCUT2D eigenvalue weighted by Crippen LogP contribution is 2.23. The molecule has 3 heteroatoms. The molecule has 1 aliphatic carbocycles. The highest BCUT2D eigenvalue weighted by Gasteiger charge is 2.18. The molecule has 3 N–H and O–H groups in total. The topological polar surface area (TPSA) is 55.1 Å². The highest BCUT2D eigenvalue weighted by atomic mass is 16.2. The number of hydrogen-bond donors (Lipinski definition) is 2. The van der Waals surface area contributed by atoms with Gasteiger partial charge in [-0.1, -0.05) is 43.2 Å². The first kappa shape index (κ1) is 13.1. The molecule has 0 aliphatic heterocycles. The molecule has 1 amide bonds. The lowest BCUT2D eigenvalue weighted by molar-refractivity contribution is -0.122. The van der Waals surface area contributed by atoms with E-state index in [1.54, 1.807) is 0 Å². The Kier molecular flexibility index (Phi) is 4.76. The van der Waals surface area contributed by atoms with Gasteiger partial charge < -0.3 is 11.1 Å². The second-order valence-electron chi connectivity index (χ2n) is 5.19. The number of carbonyl (C=O) groups excluding carboxylic acids is 1. The maximum Gasteiger partial charge on any atom is 0.237 e. The molecule has 0 heterocycles. The number of nitrogens with one attached hydrogen (secondary N) is 1. The largest absolute Gasteiger partial charge is 0.354 e. The van der Waals surface area contributed by atoms with Crippen LogP contribution in [0, 0.1) is 5.92 Å². The van der Waals surface area contributed by atoms with Crippen LogP contribution in [0.4, 0.5) is 0 Å². The fourth-order valence-electron chi connectivity index (χ4n) is 2.55. The predicted molar refractivity (Wildman–Crippen MR) is 73.1 cm³/mol. The standard InChI is InChI=1S/C15H22N2O/c16-14(10-12-6-2-1-3-7-12)15(18)17-11-13-8-4-5-9-13/h1-3,6-7,13-14H,4-5,8-11,16H2,(H,17,18). The van der Waals surface area contributed by atoms with Crippen molar-refractivity contribution in [2.75, 3.05) is 6.54 Å². The van der Waals surface area contributed by atoms with Gasteiger partial charge in [-0.25, -0.2) is 0 Å². The Labute approximate surface area is 109 Å². The zero-order valence-corrected chi connectivity index (χ0v) is 10.8. The molecule has 1 aromatic carbocycles. The third-order valence-corrected chi connectivity index (χ3v) is 3.67. The summed E-state index contributed by atoms with van der Waals surface area (Å²) in [6.07, 6.45) is 5.70. The second kappa shape index (κ2) is 6.55. The lowest BCUT2D eigenvalue weighted by Crippen LogP contribution is -2.43. The van der Waals surface area contributed by atoms with Gasteiger partial charge in [0.25, 0.3) is 0 Å². The first-order chi connectivity index (χ1) is 8.75. The number of amides is 1. The van der Waals surface area contributed by atoms with E-state index < -0.39 is 6.04 Å². The number of hydrogen-bond acceptors (Lipinski definition) is 2. The number of carbonyl (C=O) groups is 1. The molecule has 2 rings (SSSR count). The molecule has 1 saturated carbocycles. The molecule has 3 nitrogen and oxygen atoms in total. The van der Waals surface area contributed by atoms with E-state index in [2.05, 4.69) is 5.32 Å². The molecular formula is C15H22N2O. The van der Waals surface area contributed by atoms with Crippen LogP contribution in [0.3, 0.4) is 0 Å². The van der Waals surface area contributed by atoms with Gasteiger partial charge in [-0.05, 0) is 30.7 Å². The summed E-state index contributed by atoms with van der Waals surface area (Å²) < 4.78 is 0. The minimum absolute atomic E-state index is 0.0225. The number of rotatable bonds is 5. The SMILES string of the molecule is NC(Cc1ccccc1)C(=O)NCC1CCCC1. The van der Waals surface area contributed by atoms with E-state index in [9.17, 15) is 4.79 Å². The summed E-state index contributed by atoms with van der Waals surface area (Å²) in [5.74, 6) is 0.642. The Bertz CT molecular complexity index is 371. The fourth-order valence-corrected chi connectivity index (χ4v) is 2.55. The molecule has 0 spiro atoms. The molecule has 18 heavy (non-hydrogen) atoms. The Hall–Kier alpha value is -1.35. The summed E-state index contributed by atoms with van der Waals surface area (Å²) in [5, 5.41) is 2.98. The van der Waals surface area contributed by atoms with Crippen molar-refractivity contribution >= 4 is 5.91 Å². The van der Waals surface area contributed by atoms with Crippen LogP contribution >= 0.6 is 0 Å². The third-order valence-electron chi connectivity index (χ3n) is 3.67. The minimum atomic E-state index is -0.436. The van der Waals surface area contributed by atoms with Crippen LogP contribution in [-0.2, 0) is 11.2 Å². The summed E-state index contributed by atoms with van der Waals surface area (Å²) in [4.78, 5) is 11.9. The second-order valence-corrected chi connectivity index (χ2v) is 5.19. The van der Waals surface area contributed by atoms with Crippen LogP contribution in [-0.4, -0.2) is 18.5 Å². The van der Waals surface area contributed by atoms with Gasteiger partial charge in [-0.15, -0.1) is 0 Å². The van der Waals surface area contributed by atoms with Gasteiger partial charge in [-0.3, -0.25) is 4.79 Å². The Morgan fingerprint density at radius 1 is 1.28 bits per heavy atom. The van der Waals surface area contributed by atoms with Crippen LogP contribution in [0.2, 0.25) is 0 Å². The lowest BCUT2D eigenvalue weighted by Gasteiger charge is -2.15. The fraction of sp³-hybridized carbons (Fsp3) is 0.533. The average Bonchev–Trinajstić information content (AvgIpc) is 2.90. The zero-order valence-electron chi connectivity index (χ0n) is 10.8. The molecule has 98 valence electrons. The van der Waals surface area contributed by atoms with Crippen molar-refractivity contribution in [2.24, 2.45) is 11.7 Å². The summed E-state index contributed by atoms with van der Waals surface area (Å²) in [5.41, 5.74) is 7.03. The van der Waals surface area contributed by atoms with Gasteiger partial charge in [0.15, 0.2) is 0 Å². The van der Waals surface area contributed by atoms with Crippen LogP contribution < -0.4 is 11.1 Å². The van der Waals surface area contributed by atoms with E-state index >= 15 is 0 Å². The maximum absolute atomic E-state index is 11.9. The zero-order chi connectivity index (χ0) is 12.8. The van der Waals surface area contributed by atoms with Crippen LogP contribution in [0.1, 0.15) is 31.2 Å². The van der Waals surface area contributed by atoms with Gasteiger partial charge >= 0.3 is 0 Å². The van der Waals surface area contributed by atoms with Crippen LogP contribution in [0.15, 0.2) is 30.3 Å². The van der Waals surface area contributed by atoms with E-state index in [-0.39, 0.29) is 5.91 Å². The molecular weight excluding hydrogens is 224 g/mol. The van der Waals surface area contributed by atoms with Gasteiger partial charge in [0.05, 0.1) is 6.04 Å². The summed E-state index contributed by atoms with van der Waals surface area (Å²) >= 11 is 0. The predicted octanol–water partition coefficient (Wildman–Crippen LogP) is 1.86. The van der Waals surface area contributed by atoms with Crippen molar-refractivity contribution in [3.8, 4) is 0 Å². The number of nitrogens with two attached hydrogens (primary N) is 1. The first-order valence-electron chi connectivity index (χ1n) is 6.83. The molecule has 0 bridgehead atoms. The molecule has 0 saturated heterocycles.